The fraction of sp³-hybridized carbons (Fsp3) is 0.600. The van der Waals surface area contributed by atoms with Crippen molar-refractivity contribution >= 4 is 0 Å². The molecule has 0 aliphatic heterocycles. The van der Waals surface area contributed by atoms with Crippen molar-refractivity contribution in [3.8, 4) is 0 Å². The highest BCUT2D eigenvalue weighted by atomic mass is 19.2. The second-order valence-electron chi connectivity index (χ2n) is 5.28. The highest BCUT2D eigenvalue weighted by Gasteiger charge is 2.25. The normalized spacial score (nSPS) is 16.8. The lowest BCUT2D eigenvalue weighted by molar-refractivity contribution is 0.452. The van der Waals surface area contributed by atoms with E-state index in [1.165, 1.54) is 25.0 Å². The molecule has 0 aromatic heterocycles. The molecule has 0 radical (unpaired) electrons. The molecule has 2 rings (SSSR count). The van der Waals surface area contributed by atoms with Gasteiger partial charge < -0.3 is 5.32 Å². The molecule has 1 unspecified atom stereocenters. The smallest absolute Gasteiger partial charge is 0.159 e. The molecule has 18 heavy (non-hydrogen) atoms. The van der Waals surface area contributed by atoms with Gasteiger partial charge in [-0.2, -0.15) is 0 Å². The molecule has 1 saturated carbocycles. The molecule has 100 valence electrons. The number of nitrogens with one attached hydrogen (secondary N) is 1. The Bertz CT molecular complexity index is 388. The second-order valence-corrected chi connectivity index (χ2v) is 5.28. The van der Waals surface area contributed by atoms with E-state index >= 15 is 0 Å². The molecule has 0 bridgehead atoms. The minimum Gasteiger partial charge on any atom is -0.314 e. The molecule has 3 heteroatoms. The molecular formula is C15H21F2N. The monoisotopic (exact) mass is 253 g/mol. The molecule has 1 nitrogen and oxygen atoms in total. The van der Waals surface area contributed by atoms with Crippen LogP contribution in [0.1, 0.15) is 38.2 Å². The third kappa shape index (κ3) is 4.05. The van der Waals surface area contributed by atoms with Gasteiger partial charge in [-0.05, 0) is 49.4 Å². The lowest BCUT2D eigenvalue weighted by atomic mass is 10.0. The number of halogens is 2. The molecule has 0 heterocycles. The molecule has 0 spiro atoms. The zero-order valence-electron chi connectivity index (χ0n) is 10.9. The van der Waals surface area contributed by atoms with E-state index in [9.17, 15) is 8.78 Å². The molecule has 1 aromatic carbocycles. The summed E-state index contributed by atoms with van der Waals surface area (Å²) in [6, 6.07) is 4.62. The van der Waals surface area contributed by atoms with E-state index in [0.717, 1.165) is 37.3 Å². The van der Waals surface area contributed by atoms with Crippen LogP contribution in [0.2, 0.25) is 0 Å². The van der Waals surface area contributed by atoms with E-state index in [0.29, 0.717) is 6.04 Å². The zero-order valence-corrected chi connectivity index (χ0v) is 10.9. The average molecular weight is 253 g/mol. The number of rotatable bonds is 7. The van der Waals surface area contributed by atoms with Crippen LogP contribution in [-0.4, -0.2) is 12.6 Å². The quantitative estimate of drug-likeness (QED) is 0.781. The topological polar surface area (TPSA) is 12.0 Å². The number of benzene rings is 1. The fourth-order valence-corrected chi connectivity index (χ4v) is 2.29. The first-order chi connectivity index (χ1) is 8.69. The van der Waals surface area contributed by atoms with E-state index in [2.05, 4.69) is 12.2 Å². The van der Waals surface area contributed by atoms with Crippen LogP contribution in [0, 0.1) is 17.6 Å². The van der Waals surface area contributed by atoms with E-state index in [-0.39, 0.29) is 0 Å². The molecule has 0 saturated heterocycles. The summed E-state index contributed by atoms with van der Waals surface area (Å²) in [7, 11) is 0. The Morgan fingerprint density at radius 1 is 1.28 bits per heavy atom. The summed E-state index contributed by atoms with van der Waals surface area (Å²) in [6.45, 7) is 3.12. The highest BCUT2D eigenvalue weighted by molar-refractivity contribution is 5.19. The van der Waals surface area contributed by atoms with Crippen LogP contribution >= 0.6 is 0 Å². The Hall–Kier alpha value is -0.960. The van der Waals surface area contributed by atoms with Crippen molar-refractivity contribution in [2.75, 3.05) is 6.54 Å². The van der Waals surface area contributed by atoms with Crippen molar-refractivity contribution in [2.24, 2.45) is 5.92 Å². The first-order valence-corrected chi connectivity index (χ1v) is 6.86. The molecule has 1 atom stereocenters. The van der Waals surface area contributed by atoms with Gasteiger partial charge in [-0.15, -0.1) is 0 Å². The van der Waals surface area contributed by atoms with Crippen molar-refractivity contribution in [1.82, 2.24) is 5.32 Å². The van der Waals surface area contributed by atoms with Crippen LogP contribution in [-0.2, 0) is 6.42 Å². The number of hydrogen-bond donors (Lipinski definition) is 1. The largest absolute Gasteiger partial charge is 0.314 e. The zero-order chi connectivity index (χ0) is 13.0. The standard InChI is InChI=1S/C15H21F2N/c1-2-7-18-13(8-11-3-4-11)9-12-5-6-14(16)15(17)10-12/h5-6,10-11,13,18H,2-4,7-9H2,1H3. The maximum atomic E-state index is 13.2. The van der Waals surface area contributed by atoms with Gasteiger partial charge in [0, 0.05) is 6.04 Å². The summed E-state index contributed by atoms with van der Waals surface area (Å²) < 4.78 is 26.0. The van der Waals surface area contributed by atoms with Crippen LogP contribution in [0.3, 0.4) is 0 Å². The Morgan fingerprint density at radius 2 is 2.06 bits per heavy atom. The van der Waals surface area contributed by atoms with Gasteiger partial charge in [-0.1, -0.05) is 25.8 Å². The van der Waals surface area contributed by atoms with E-state index in [4.69, 9.17) is 0 Å². The van der Waals surface area contributed by atoms with Gasteiger partial charge >= 0.3 is 0 Å². The maximum absolute atomic E-state index is 13.2. The van der Waals surface area contributed by atoms with Crippen molar-refractivity contribution in [3.63, 3.8) is 0 Å². The summed E-state index contributed by atoms with van der Waals surface area (Å²) in [4.78, 5) is 0. The van der Waals surface area contributed by atoms with Crippen LogP contribution in [0.4, 0.5) is 8.78 Å². The maximum Gasteiger partial charge on any atom is 0.159 e. The summed E-state index contributed by atoms with van der Waals surface area (Å²) in [6.07, 6.45) is 5.68. The summed E-state index contributed by atoms with van der Waals surface area (Å²) in [5.41, 5.74) is 0.878. The minimum absolute atomic E-state index is 0.391. The summed E-state index contributed by atoms with van der Waals surface area (Å²) in [5.74, 6) is -0.670. The summed E-state index contributed by atoms with van der Waals surface area (Å²) in [5, 5.41) is 3.51. The fourth-order valence-electron chi connectivity index (χ4n) is 2.29. The van der Waals surface area contributed by atoms with Crippen LogP contribution in [0.25, 0.3) is 0 Å². The van der Waals surface area contributed by atoms with E-state index in [1.807, 2.05) is 0 Å². The Kier molecular flexibility index (Phi) is 4.70. The summed E-state index contributed by atoms with van der Waals surface area (Å²) >= 11 is 0. The van der Waals surface area contributed by atoms with Gasteiger partial charge in [0.15, 0.2) is 11.6 Å². The molecule has 1 aliphatic carbocycles. The van der Waals surface area contributed by atoms with Gasteiger partial charge in [0.2, 0.25) is 0 Å². The van der Waals surface area contributed by atoms with E-state index < -0.39 is 11.6 Å². The highest BCUT2D eigenvalue weighted by Crippen LogP contribution is 2.34. The SMILES string of the molecule is CCCNC(Cc1ccc(F)c(F)c1)CC1CC1. The van der Waals surface area contributed by atoms with Crippen LogP contribution in [0.5, 0.6) is 0 Å². The third-order valence-electron chi connectivity index (χ3n) is 3.46. The predicted octanol–water partition coefficient (Wildman–Crippen LogP) is 3.68. The van der Waals surface area contributed by atoms with Gasteiger partial charge in [0.25, 0.3) is 0 Å². The Labute approximate surface area is 108 Å². The molecule has 0 amide bonds. The van der Waals surface area contributed by atoms with Crippen LogP contribution in [0.15, 0.2) is 18.2 Å². The van der Waals surface area contributed by atoms with Crippen molar-refractivity contribution in [2.45, 2.75) is 45.1 Å². The molecule has 1 aliphatic rings. The second kappa shape index (κ2) is 6.28. The average Bonchev–Trinajstić information content (AvgIpc) is 3.15. The number of hydrogen-bond acceptors (Lipinski definition) is 1. The van der Waals surface area contributed by atoms with Gasteiger partial charge in [0.05, 0.1) is 0 Å². The lowest BCUT2D eigenvalue weighted by Gasteiger charge is -2.18. The van der Waals surface area contributed by atoms with Crippen LogP contribution < -0.4 is 5.32 Å². The third-order valence-corrected chi connectivity index (χ3v) is 3.46. The predicted molar refractivity (Wildman–Crippen MR) is 69.5 cm³/mol. The molecule has 1 aromatic rings. The Balaban J connectivity index is 1.94. The Morgan fingerprint density at radius 3 is 2.67 bits per heavy atom. The van der Waals surface area contributed by atoms with Gasteiger partial charge in [0.1, 0.15) is 0 Å². The minimum atomic E-state index is -0.765. The molecule has 1 fully saturated rings. The van der Waals surface area contributed by atoms with Gasteiger partial charge in [-0.3, -0.25) is 0 Å². The molecular weight excluding hydrogens is 232 g/mol. The first kappa shape index (κ1) is 13.5. The molecule has 1 N–H and O–H groups in total. The van der Waals surface area contributed by atoms with E-state index in [1.54, 1.807) is 6.07 Å². The first-order valence-electron chi connectivity index (χ1n) is 6.86. The van der Waals surface area contributed by atoms with Crippen molar-refractivity contribution in [3.05, 3.63) is 35.4 Å². The van der Waals surface area contributed by atoms with Crippen molar-refractivity contribution in [1.29, 1.82) is 0 Å². The van der Waals surface area contributed by atoms with Gasteiger partial charge in [-0.25, -0.2) is 8.78 Å². The lowest BCUT2D eigenvalue weighted by Crippen LogP contribution is -2.32. The van der Waals surface area contributed by atoms with Crippen molar-refractivity contribution < 1.29 is 8.78 Å².